The van der Waals surface area contributed by atoms with E-state index in [0.717, 1.165) is 68.9 Å². The first kappa shape index (κ1) is 31.9. The molecule has 2 saturated heterocycles. The van der Waals surface area contributed by atoms with Crippen LogP contribution in [0.2, 0.25) is 0 Å². The molecule has 1 N–H and O–H groups in total. The Morgan fingerprint density at radius 2 is 1.59 bits per heavy atom. The molecule has 2 aliphatic heterocycles. The summed E-state index contributed by atoms with van der Waals surface area (Å²) < 4.78 is 0. The van der Waals surface area contributed by atoms with E-state index in [1.807, 2.05) is 23.8 Å². The Kier molecular flexibility index (Phi) is 7.22. The zero-order valence-electron chi connectivity index (χ0n) is 29.3. The van der Waals surface area contributed by atoms with E-state index in [1.165, 1.54) is 25.1 Å². The van der Waals surface area contributed by atoms with E-state index in [2.05, 4.69) is 51.7 Å². The van der Waals surface area contributed by atoms with Crippen LogP contribution in [0.3, 0.4) is 0 Å². The quantitative estimate of drug-likeness (QED) is 0.352. The third-order valence-electron chi connectivity index (χ3n) is 15.3. The van der Waals surface area contributed by atoms with Crippen molar-refractivity contribution in [2.45, 2.75) is 117 Å². The van der Waals surface area contributed by atoms with Crippen LogP contribution in [0.4, 0.5) is 0 Å². The van der Waals surface area contributed by atoms with Crippen LogP contribution in [-0.2, 0) is 14.4 Å². The molecule has 0 aromatic heterocycles. The van der Waals surface area contributed by atoms with Gasteiger partial charge in [-0.2, -0.15) is 0 Å². The molecular weight excluding hydrogens is 574 g/mol. The maximum Gasteiger partial charge on any atom is 0.312 e. The molecule has 3 saturated carbocycles. The van der Waals surface area contributed by atoms with Gasteiger partial charge in [0.05, 0.1) is 0 Å². The van der Waals surface area contributed by atoms with Crippen LogP contribution < -0.4 is 0 Å². The predicted molar refractivity (Wildman–Crippen MR) is 180 cm³/mol. The molecule has 7 aliphatic rings. The van der Waals surface area contributed by atoms with Gasteiger partial charge < -0.3 is 19.8 Å². The van der Waals surface area contributed by atoms with E-state index in [0.29, 0.717) is 30.6 Å². The lowest BCUT2D eigenvalue weighted by Gasteiger charge is -2.70. The summed E-state index contributed by atoms with van der Waals surface area (Å²) in [5, 5.41) is 10.5. The number of amides is 2. The van der Waals surface area contributed by atoms with E-state index in [1.54, 1.807) is 6.08 Å². The average molecular weight is 630 g/mol. The number of fused-ring (bicyclic) bond motifs is 7. The monoisotopic (exact) mass is 629 g/mol. The first-order valence-corrected chi connectivity index (χ1v) is 18.0. The van der Waals surface area contributed by atoms with Crippen LogP contribution in [0.15, 0.2) is 46.3 Å². The number of hydrogen-bond acceptors (Lipinski definition) is 5. The smallest absolute Gasteiger partial charge is 0.312 e. The third-order valence-corrected chi connectivity index (χ3v) is 15.3. The molecule has 6 atom stereocenters. The van der Waals surface area contributed by atoms with Gasteiger partial charge in [-0.1, -0.05) is 45.4 Å². The number of hydrogen-bond donors (Lipinski definition) is 1. The van der Waals surface area contributed by atoms with Crippen molar-refractivity contribution >= 4 is 17.6 Å². The normalized spacial score (nSPS) is 41.2. The highest BCUT2D eigenvalue weighted by molar-refractivity contribution is 6.35. The first-order chi connectivity index (χ1) is 21.6. The minimum atomic E-state index is -0.388. The molecule has 46 heavy (non-hydrogen) atoms. The standard InChI is InChI=1S/C39H55N3O4/c1-25-27-9-10-30-37(4,28(27)23-29(43)32(25)44)16-18-39(6)31-24-36(3,15-13-35(31,2)14-17-38(30,39)5)40(7)33(45)34(46)42-21-11-26(12-22-42)41-19-8-20-41/h9-10,23,26,31,44H,8,11-22,24H2,1-7H3/t31-,35-,36-,37+,38-,39+/m1/s1. The molecule has 0 bridgehead atoms. The molecule has 5 fully saturated rings. The van der Waals surface area contributed by atoms with Crippen molar-refractivity contribution in [1.82, 2.24) is 14.7 Å². The number of allylic oxidation sites excluding steroid dienone is 7. The van der Waals surface area contributed by atoms with Crippen LogP contribution in [0, 0.1) is 27.6 Å². The minimum Gasteiger partial charge on any atom is -0.504 e. The summed E-state index contributed by atoms with van der Waals surface area (Å²) in [5.74, 6) is -0.702. The molecule has 7 heteroatoms. The summed E-state index contributed by atoms with van der Waals surface area (Å²) in [7, 11) is 1.88. The largest absolute Gasteiger partial charge is 0.504 e. The molecule has 250 valence electrons. The second-order valence-corrected chi connectivity index (χ2v) is 17.3. The Hall–Kier alpha value is -2.67. The van der Waals surface area contributed by atoms with Gasteiger partial charge in [0.1, 0.15) is 0 Å². The van der Waals surface area contributed by atoms with Gasteiger partial charge in [0.25, 0.3) is 0 Å². The number of likely N-dealkylation sites (tertiary alicyclic amines) is 2. The number of likely N-dealkylation sites (N-methyl/N-ethyl adjacent to an activating group) is 1. The topological polar surface area (TPSA) is 81.2 Å². The van der Waals surface area contributed by atoms with Crippen LogP contribution in [-0.4, -0.2) is 82.2 Å². The van der Waals surface area contributed by atoms with Crippen LogP contribution >= 0.6 is 0 Å². The van der Waals surface area contributed by atoms with Crippen molar-refractivity contribution in [3.63, 3.8) is 0 Å². The Morgan fingerprint density at radius 1 is 0.913 bits per heavy atom. The molecule has 0 spiro atoms. The highest BCUT2D eigenvalue weighted by Crippen LogP contribution is 2.75. The Bertz CT molecular complexity index is 1510. The molecular formula is C39H55N3O4. The van der Waals surface area contributed by atoms with E-state index < -0.39 is 0 Å². The molecule has 7 nitrogen and oxygen atoms in total. The van der Waals surface area contributed by atoms with Crippen LogP contribution in [0.1, 0.15) is 106 Å². The van der Waals surface area contributed by atoms with Gasteiger partial charge in [-0.05, 0) is 131 Å². The second-order valence-electron chi connectivity index (χ2n) is 17.3. The Morgan fingerprint density at radius 3 is 2.24 bits per heavy atom. The van der Waals surface area contributed by atoms with Gasteiger partial charge in [0, 0.05) is 42.7 Å². The predicted octanol–water partition coefficient (Wildman–Crippen LogP) is 6.52. The zero-order valence-corrected chi connectivity index (χ0v) is 29.3. The van der Waals surface area contributed by atoms with E-state index >= 15 is 0 Å². The van der Waals surface area contributed by atoms with Crippen molar-refractivity contribution in [3.05, 3.63) is 46.3 Å². The summed E-state index contributed by atoms with van der Waals surface area (Å²) in [6.07, 6.45) is 16.4. The molecule has 0 aromatic rings. The summed E-state index contributed by atoms with van der Waals surface area (Å²) in [6, 6.07) is 0.557. The minimum absolute atomic E-state index is 0.00272. The number of piperidine rings is 1. The van der Waals surface area contributed by atoms with Crippen LogP contribution in [0.25, 0.3) is 0 Å². The van der Waals surface area contributed by atoms with Gasteiger partial charge in [-0.15, -0.1) is 0 Å². The van der Waals surface area contributed by atoms with Crippen molar-refractivity contribution in [3.8, 4) is 0 Å². The number of carbonyl (C=O) groups excluding carboxylic acids is 3. The maximum atomic E-state index is 13.9. The lowest BCUT2D eigenvalue weighted by Crippen LogP contribution is -2.65. The van der Waals surface area contributed by atoms with Gasteiger partial charge >= 0.3 is 11.8 Å². The van der Waals surface area contributed by atoms with Crippen molar-refractivity contribution in [2.75, 3.05) is 33.2 Å². The summed E-state index contributed by atoms with van der Waals surface area (Å²) in [6.45, 7) is 17.5. The fourth-order valence-electron chi connectivity index (χ4n) is 11.4. The number of ketones is 1. The fourth-order valence-corrected chi connectivity index (χ4v) is 11.4. The maximum absolute atomic E-state index is 13.9. The number of aliphatic hydroxyl groups excluding tert-OH is 1. The SMILES string of the molecule is CC1=C(O)C(=O)C=C2C1=CC=C1[C@@]2(C)CC[C@@]2(C)[C@@H]3C[C@](C)(N(C)C(=O)C(=O)N4CCC(N5CCC5)CC4)CC[C@]3(C)CC[C@]12C. The third kappa shape index (κ3) is 4.28. The van der Waals surface area contributed by atoms with Gasteiger partial charge in [-0.25, -0.2) is 0 Å². The molecule has 5 aliphatic carbocycles. The highest BCUT2D eigenvalue weighted by atomic mass is 16.3. The molecule has 0 unspecified atom stereocenters. The summed E-state index contributed by atoms with van der Waals surface area (Å²) >= 11 is 0. The van der Waals surface area contributed by atoms with Crippen LogP contribution in [0.5, 0.6) is 0 Å². The van der Waals surface area contributed by atoms with Crippen molar-refractivity contribution in [2.24, 2.45) is 27.6 Å². The van der Waals surface area contributed by atoms with Gasteiger partial charge in [0.15, 0.2) is 5.76 Å². The average Bonchev–Trinajstić information content (AvgIpc) is 3.01. The number of aliphatic hydroxyl groups is 1. The molecule has 2 heterocycles. The van der Waals surface area contributed by atoms with E-state index in [-0.39, 0.29) is 50.6 Å². The van der Waals surface area contributed by atoms with Gasteiger partial charge in [-0.3, -0.25) is 14.4 Å². The lowest BCUT2D eigenvalue weighted by molar-refractivity contribution is -0.174. The molecule has 0 aromatic carbocycles. The first-order valence-electron chi connectivity index (χ1n) is 18.0. The summed E-state index contributed by atoms with van der Waals surface area (Å²) in [5.41, 5.74) is 3.60. The summed E-state index contributed by atoms with van der Waals surface area (Å²) in [4.78, 5) is 46.5. The van der Waals surface area contributed by atoms with E-state index in [9.17, 15) is 19.5 Å². The number of rotatable bonds is 2. The lowest BCUT2D eigenvalue weighted by atomic mass is 9.35. The number of carbonyl (C=O) groups is 3. The van der Waals surface area contributed by atoms with E-state index in [4.69, 9.17) is 0 Å². The Balaban J connectivity index is 1.15. The zero-order chi connectivity index (χ0) is 33.0. The van der Waals surface area contributed by atoms with Crippen molar-refractivity contribution < 1.29 is 19.5 Å². The Labute approximate surface area is 275 Å². The van der Waals surface area contributed by atoms with Gasteiger partial charge in [0.2, 0.25) is 5.78 Å². The second kappa shape index (κ2) is 10.4. The van der Waals surface area contributed by atoms with Crippen molar-refractivity contribution in [1.29, 1.82) is 0 Å². The highest BCUT2D eigenvalue weighted by Gasteiger charge is 2.67. The molecule has 2 amide bonds. The number of nitrogens with zero attached hydrogens (tertiary/aromatic N) is 3. The fraction of sp³-hybridized carbons (Fsp3) is 0.718. The molecule has 7 rings (SSSR count). The molecule has 0 radical (unpaired) electrons.